The smallest absolute Gasteiger partial charge is 0.0834 e. The highest BCUT2D eigenvalue weighted by Gasteiger charge is 2.23. The average molecular weight is 170 g/mol. The van der Waals surface area contributed by atoms with Crippen LogP contribution in [0.25, 0.3) is 0 Å². The molecule has 1 aliphatic carbocycles. The fourth-order valence-electron chi connectivity index (χ4n) is 1.56. The van der Waals surface area contributed by atoms with Crippen molar-refractivity contribution in [2.75, 3.05) is 26.2 Å². The van der Waals surface area contributed by atoms with E-state index in [-0.39, 0.29) is 6.61 Å². The van der Waals surface area contributed by atoms with Gasteiger partial charge in [0.15, 0.2) is 0 Å². The Balaban J connectivity index is 2.07. The second-order valence-electron chi connectivity index (χ2n) is 3.80. The van der Waals surface area contributed by atoms with Crippen LogP contribution in [0.1, 0.15) is 32.6 Å². The van der Waals surface area contributed by atoms with Crippen LogP contribution in [0, 0.1) is 5.92 Å². The summed E-state index contributed by atoms with van der Waals surface area (Å²) < 4.78 is 0. The molecular formula is C10H20NO. The van der Waals surface area contributed by atoms with E-state index in [1.54, 1.807) is 0 Å². The van der Waals surface area contributed by atoms with Crippen molar-refractivity contribution in [2.24, 2.45) is 5.92 Å². The second kappa shape index (κ2) is 5.55. The standard InChI is InChI=1S/C10H20NO/c1-2-6-11(7-3-8-12)9-10-4-5-10/h10H,2-9H2,1H3. The van der Waals surface area contributed by atoms with Gasteiger partial charge >= 0.3 is 0 Å². The molecule has 2 heteroatoms. The molecule has 0 aliphatic heterocycles. The van der Waals surface area contributed by atoms with Gasteiger partial charge in [0.05, 0.1) is 6.61 Å². The van der Waals surface area contributed by atoms with Gasteiger partial charge in [-0.2, -0.15) is 0 Å². The predicted molar refractivity (Wildman–Crippen MR) is 49.6 cm³/mol. The van der Waals surface area contributed by atoms with Crippen LogP contribution in [-0.4, -0.2) is 31.1 Å². The molecule has 0 amide bonds. The lowest BCUT2D eigenvalue weighted by atomic mass is 10.3. The maximum atomic E-state index is 10.3. The predicted octanol–water partition coefficient (Wildman–Crippen LogP) is 1.93. The van der Waals surface area contributed by atoms with E-state index >= 15 is 0 Å². The summed E-state index contributed by atoms with van der Waals surface area (Å²) in [6.45, 7) is 5.74. The molecule has 0 N–H and O–H groups in total. The van der Waals surface area contributed by atoms with Crippen molar-refractivity contribution in [2.45, 2.75) is 32.6 Å². The van der Waals surface area contributed by atoms with E-state index in [0.29, 0.717) is 0 Å². The molecule has 1 radical (unpaired) electrons. The normalized spacial score (nSPS) is 17.2. The van der Waals surface area contributed by atoms with Gasteiger partial charge in [-0.15, -0.1) is 0 Å². The van der Waals surface area contributed by atoms with Gasteiger partial charge in [0.2, 0.25) is 0 Å². The monoisotopic (exact) mass is 170 g/mol. The molecule has 0 unspecified atom stereocenters. The highest BCUT2D eigenvalue weighted by molar-refractivity contribution is 4.77. The third-order valence-electron chi connectivity index (χ3n) is 2.37. The molecular weight excluding hydrogens is 150 g/mol. The lowest BCUT2D eigenvalue weighted by Gasteiger charge is -2.20. The van der Waals surface area contributed by atoms with Crippen molar-refractivity contribution in [3.05, 3.63) is 0 Å². The number of rotatable bonds is 7. The fraction of sp³-hybridized carbons (Fsp3) is 1.00. The van der Waals surface area contributed by atoms with E-state index in [1.165, 1.54) is 32.4 Å². The first-order valence-electron chi connectivity index (χ1n) is 5.17. The summed E-state index contributed by atoms with van der Waals surface area (Å²) in [5.41, 5.74) is 0. The van der Waals surface area contributed by atoms with Crippen molar-refractivity contribution in [3.63, 3.8) is 0 Å². The van der Waals surface area contributed by atoms with E-state index in [2.05, 4.69) is 11.8 Å². The molecule has 1 aliphatic rings. The van der Waals surface area contributed by atoms with Gasteiger partial charge in [0.1, 0.15) is 0 Å². The topological polar surface area (TPSA) is 23.1 Å². The molecule has 1 rings (SSSR count). The van der Waals surface area contributed by atoms with E-state index in [1.807, 2.05) is 0 Å². The second-order valence-corrected chi connectivity index (χ2v) is 3.80. The summed E-state index contributed by atoms with van der Waals surface area (Å²) in [4.78, 5) is 2.45. The molecule has 0 atom stereocenters. The van der Waals surface area contributed by atoms with E-state index in [9.17, 15) is 5.11 Å². The van der Waals surface area contributed by atoms with Gasteiger partial charge in [-0.05, 0) is 38.1 Å². The highest BCUT2D eigenvalue weighted by Crippen LogP contribution is 2.29. The van der Waals surface area contributed by atoms with Crippen molar-refractivity contribution in [3.8, 4) is 0 Å². The lowest BCUT2D eigenvalue weighted by Crippen LogP contribution is -2.28. The number of hydrogen-bond acceptors (Lipinski definition) is 1. The summed E-state index contributed by atoms with van der Waals surface area (Å²) in [6.07, 6.45) is 4.87. The molecule has 2 nitrogen and oxygen atoms in total. The first-order valence-corrected chi connectivity index (χ1v) is 5.17. The maximum absolute atomic E-state index is 10.3. The van der Waals surface area contributed by atoms with Crippen LogP contribution in [-0.2, 0) is 5.11 Å². The molecule has 0 spiro atoms. The SMILES string of the molecule is CCCN(CCC[O])CC1CC1. The summed E-state index contributed by atoms with van der Waals surface area (Å²) in [5.74, 6) is 0.961. The van der Waals surface area contributed by atoms with Gasteiger partial charge in [-0.3, -0.25) is 0 Å². The van der Waals surface area contributed by atoms with Crippen molar-refractivity contribution in [1.82, 2.24) is 4.90 Å². The van der Waals surface area contributed by atoms with E-state index in [0.717, 1.165) is 18.9 Å². The third kappa shape index (κ3) is 4.07. The number of nitrogens with zero attached hydrogens (tertiary/aromatic N) is 1. The zero-order valence-electron chi connectivity index (χ0n) is 8.09. The Morgan fingerprint density at radius 1 is 1.33 bits per heavy atom. The van der Waals surface area contributed by atoms with Gasteiger partial charge in [0, 0.05) is 13.1 Å². The van der Waals surface area contributed by atoms with E-state index < -0.39 is 0 Å². The van der Waals surface area contributed by atoms with Crippen LogP contribution < -0.4 is 0 Å². The van der Waals surface area contributed by atoms with Crippen molar-refractivity contribution >= 4 is 0 Å². The Hall–Kier alpha value is -0.0800. The molecule has 0 aromatic heterocycles. The van der Waals surface area contributed by atoms with Crippen LogP contribution >= 0.6 is 0 Å². The lowest BCUT2D eigenvalue weighted by molar-refractivity contribution is 0.163. The third-order valence-corrected chi connectivity index (χ3v) is 2.37. The molecule has 12 heavy (non-hydrogen) atoms. The summed E-state index contributed by atoms with van der Waals surface area (Å²) in [7, 11) is 0. The van der Waals surface area contributed by atoms with Gasteiger partial charge in [-0.25, -0.2) is 5.11 Å². The van der Waals surface area contributed by atoms with Gasteiger partial charge in [0.25, 0.3) is 0 Å². The molecule has 0 aromatic carbocycles. The molecule has 0 bridgehead atoms. The largest absolute Gasteiger partial charge is 0.303 e. The summed E-state index contributed by atoms with van der Waals surface area (Å²) >= 11 is 0. The first kappa shape index (κ1) is 10.0. The Morgan fingerprint density at radius 2 is 2.08 bits per heavy atom. The zero-order chi connectivity index (χ0) is 8.81. The minimum Gasteiger partial charge on any atom is -0.303 e. The quantitative estimate of drug-likeness (QED) is 0.572. The minimum atomic E-state index is 0.0882. The van der Waals surface area contributed by atoms with Gasteiger partial charge in [-0.1, -0.05) is 6.92 Å². The molecule has 71 valence electrons. The molecule has 0 saturated heterocycles. The van der Waals surface area contributed by atoms with Crippen LogP contribution in [0.4, 0.5) is 0 Å². The highest BCUT2D eigenvalue weighted by atomic mass is 16.3. The summed E-state index contributed by atoms with van der Waals surface area (Å²) in [5, 5.41) is 10.3. The Kier molecular flexibility index (Phi) is 4.62. The Labute approximate surface area is 75.6 Å². The summed E-state index contributed by atoms with van der Waals surface area (Å²) in [6, 6.07) is 0. The van der Waals surface area contributed by atoms with Crippen LogP contribution in [0.3, 0.4) is 0 Å². The Bertz CT molecular complexity index is 112. The van der Waals surface area contributed by atoms with Crippen LogP contribution in [0.5, 0.6) is 0 Å². The van der Waals surface area contributed by atoms with Crippen LogP contribution in [0.2, 0.25) is 0 Å². The fourth-order valence-corrected chi connectivity index (χ4v) is 1.56. The molecule has 1 saturated carbocycles. The average Bonchev–Trinajstić information content (AvgIpc) is 2.84. The van der Waals surface area contributed by atoms with E-state index in [4.69, 9.17) is 0 Å². The molecule has 0 heterocycles. The van der Waals surface area contributed by atoms with Crippen LogP contribution in [0.15, 0.2) is 0 Å². The zero-order valence-corrected chi connectivity index (χ0v) is 8.09. The number of hydrogen-bond donors (Lipinski definition) is 0. The first-order chi connectivity index (χ1) is 5.86. The van der Waals surface area contributed by atoms with Crippen molar-refractivity contribution < 1.29 is 5.11 Å². The molecule has 0 aromatic rings. The van der Waals surface area contributed by atoms with Gasteiger partial charge < -0.3 is 4.90 Å². The van der Waals surface area contributed by atoms with Crippen molar-refractivity contribution in [1.29, 1.82) is 0 Å². The maximum Gasteiger partial charge on any atom is 0.0834 e. The molecule has 1 fully saturated rings. The minimum absolute atomic E-state index is 0.0882. The Morgan fingerprint density at radius 3 is 2.58 bits per heavy atom.